The van der Waals surface area contributed by atoms with Crippen molar-refractivity contribution in [1.82, 2.24) is 0 Å². The zero-order valence-electron chi connectivity index (χ0n) is 14.1. The highest BCUT2D eigenvalue weighted by atomic mass is 35.5. The molecule has 140 valence electrons. The maximum absolute atomic E-state index is 13.5. The average molecular weight is 448 g/mol. The van der Waals surface area contributed by atoms with Gasteiger partial charge in [-0.1, -0.05) is 53.4 Å². The minimum atomic E-state index is -0.426. The third-order valence-corrected chi connectivity index (χ3v) is 6.25. The van der Waals surface area contributed by atoms with Gasteiger partial charge in [-0.15, -0.1) is 0 Å². The summed E-state index contributed by atoms with van der Waals surface area (Å²) in [5.74, 6) is -0.189. The van der Waals surface area contributed by atoms with Crippen molar-refractivity contribution < 1.29 is 13.6 Å². The first kappa shape index (κ1) is 19.3. The lowest BCUT2D eigenvalue weighted by Gasteiger charge is -2.14. The molecule has 1 amide bonds. The number of thiocarbonyl (C=S) groups is 1. The number of nitrogens with zero attached hydrogens (tertiary/aromatic N) is 1. The van der Waals surface area contributed by atoms with Crippen molar-refractivity contribution in [2.24, 2.45) is 0 Å². The number of carbonyl (C=O) groups excluding carboxylic acids is 1. The van der Waals surface area contributed by atoms with Crippen molar-refractivity contribution in [3.63, 3.8) is 0 Å². The standard InChI is InChI=1S/C20H11ClFNO2S3/c21-12-4-7-16(8-5-12)27-18-9-6-15(25-18)11-17-19(24)23(20(26)28-17)14-3-1-2-13(22)10-14/h1-11H. The molecule has 2 aromatic carbocycles. The van der Waals surface area contributed by atoms with Crippen LogP contribution in [-0.2, 0) is 4.79 Å². The van der Waals surface area contributed by atoms with Crippen LogP contribution in [0.4, 0.5) is 10.1 Å². The topological polar surface area (TPSA) is 33.5 Å². The van der Waals surface area contributed by atoms with Crippen LogP contribution < -0.4 is 4.90 Å². The maximum Gasteiger partial charge on any atom is 0.270 e. The minimum absolute atomic E-state index is 0.302. The molecule has 28 heavy (non-hydrogen) atoms. The summed E-state index contributed by atoms with van der Waals surface area (Å²) in [5.41, 5.74) is 0.407. The Morgan fingerprint density at radius 1 is 1.14 bits per heavy atom. The lowest BCUT2D eigenvalue weighted by Crippen LogP contribution is -2.27. The third-order valence-electron chi connectivity index (χ3n) is 3.77. The van der Waals surface area contributed by atoms with Crippen LogP contribution in [0.2, 0.25) is 5.02 Å². The van der Waals surface area contributed by atoms with E-state index < -0.39 is 5.82 Å². The van der Waals surface area contributed by atoms with E-state index >= 15 is 0 Å². The van der Waals surface area contributed by atoms with Crippen LogP contribution in [0.1, 0.15) is 5.76 Å². The van der Waals surface area contributed by atoms with Crippen LogP contribution in [0.5, 0.6) is 0 Å². The molecule has 0 spiro atoms. The van der Waals surface area contributed by atoms with Crippen molar-refractivity contribution >= 4 is 69.3 Å². The predicted molar refractivity (Wildman–Crippen MR) is 116 cm³/mol. The van der Waals surface area contributed by atoms with Crippen molar-refractivity contribution in [3.8, 4) is 0 Å². The molecule has 1 aliphatic rings. The smallest absolute Gasteiger partial charge is 0.270 e. The van der Waals surface area contributed by atoms with Gasteiger partial charge in [0.1, 0.15) is 11.6 Å². The molecule has 0 N–H and O–H groups in total. The van der Waals surface area contributed by atoms with Gasteiger partial charge in [-0.2, -0.15) is 0 Å². The van der Waals surface area contributed by atoms with Gasteiger partial charge < -0.3 is 4.42 Å². The number of halogens is 2. The van der Waals surface area contributed by atoms with E-state index in [9.17, 15) is 9.18 Å². The van der Waals surface area contributed by atoms with Gasteiger partial charge in [-0.3, -0.25) is 9.69 Å². The SMILES string of the molecule is O=C1C(=Cc2ccc(Sc3ccc(Cl)cc3)o2)SC(=S)N1c1cccc(F)c1. The molecule has 8 heteroatoms. The molecule has 0 atom stereocenters. The summed E-state index contributed by atoms with van der Waals surface area (Å²) >= 11 is 13.8. The Kier molecular flexibility index (Phi) is 5.59. The number of rotatable bonds is 4. The Morgan fingerprint density at radius 3 is 2.68 bits per heavy atom. The van der Waals surface area contributed by atoms with Crippen LogP contribution in [0.15, 0.2) is 80.0 Å². The molecule has 3 nitrogen and oxygen atoms in total. The largest absolute Gasteiger partial charge is 0.450 e. The molecule has 0 unspecified atom stereocenters. The van der Waals surface area contributed by atoms with Gasteiger partial charge in [0.2, 0.25) is 0 Å². The van der Waals surface area contributed by atoms with Crippen molar-refractivity contribution in [2.45, 2.75) is 9.99 Å². The van der Waals surface area contributed by atoms with E-state index in [4.69, 9.17) is 28.2 Å². The zero-order chi connectivity index (χ0) is 19.7. The molecule has 3 aromatic rings. The van der Waals surface area contributed by atoms with Crippen molar-refractivity contribution in [1.29, 1.82) is 0 Å². The highest BCUT2D eigenvalue weighted by Gasteiger charge is 2.33. The molecule has 1 saturated heterocycles. The number of carbonyl (C=O) groups is 1. The summed E-state index contributed by atoms with van der Waals surface area (Å²) in [6.45, 7) is 0. The molecule has 4 rings (SSSR count). The molecule has 1 fully saturated rings. The first-order chi connectivity index (χ1) is 13.5. The summed E-state index contributed by atoms with van der Waals surface area (Å²) in [6.07, 6.45) is 1.64. The first-order valence-corrected chi connectivity index (χ1v) is 10.5. The van der Waals surface area contributed by atoms with Crippen molar-refractivity contribution in [2.75, 3.05) is 4.90 Å². The maximum atomic E-state index is 13.5. The van der Waals surface area contributed by atoms with E-state index in [2.05, 4.69) is 0 Å². The fraction of sp³-hybridized carbons (Fsp3) is 0. The summed E-state index contributed by atoms with van der Waals surface area (Å²) in [6, 6.07) is 16.8. The Morgan fingerprint density at radius 2 is 1.93 bits per heavy atom. The fourth-order valence-corrected chi connectivity index (χ4v) is 4.70. The molecule has 0 radical (unpaired) electrons. The Hall–Kier alpha value is -2.06. The second-order valence-corrected chi connectivity index (χ2v) is 8.90. The van der Waals surface area contributed by atoms with Crippen LogP contribution in [-0.4, -0.2) is 10.2 Å². The predicted octanol–water partition coefficient (Wildman–Crippen LogP) is 6.63. The van der Waals surface area contributed by atoms with E-state index in [1.807, 2.05) is 30.3 Å². The highest BCUT2D eigenvalue weighted by Crippen LogP contribution is 2.37. The minimum Gasteiger partial charge on any atom is -0.450 e. The van der Waals surface area contributed by atoms with Gasteiger partial charge in [0.15, 0.2) is 9.41 Å². The van der Waals surface area contributed by atoms with E-state index in [0.717, 1.165) is 16.7 Å². The van der Waals surface area contributed by atoms with Gasteiger partial charge in [0.25, 0.3) is 5.91 Å². The van der Waals surface area contributed by atoms with Crippen molar-refractivity contribution in [3.05, 3.63) is 82.2 Å². The second-order valence-electron chi connectivity index (χ2n) is 5.71. The van der Waals surface area contributed by atoms with Crippen LogP contribution >= 0.6 is 47.3 Å². The summed E-state index contributed by atoms with van der Waals surface area (Å²) in [7, 11) is 0. The Balaban J connectivity index is 1.53. The molecule has 2 heterocycles. The average Bonchev–Trinajstić information content (AvgIpc) is 3.21. The van der Waals surface area contributed by atoms with Crippen LogP contribution in [0.25, 0.3) is 6.08 Å². The number of amides is 1. The van der Waals surface area contributed by atoms with E-state index in [-0.39, 0.29) is 5.91 Å². The lowest BCUT2D eigenvalue weighted by molar-refractivity contribution is -0.113. The molecule has 1 aromatic heterocycles. The van der Waals surface area contributed by atoms with E-state index in [1.165, 1.54) is 28.8 Å². The summed E-state index contributed by atoms with van der Waals surface area (Å²) in [4.78, 5) is 15.5. The normalized spacial score (nSPS) is 15.6. The number of hydrogen-bond donors (Lipinski definition) is 0. The highest BCUT2D eigenvalue weighted by molar-refractivity contribution is 8.27. The summed E-state index contributed by atoms with van der Waals surface area (Å²) in [5, 5.41) is 1.36. The van der Waals surface area contributed by atoms with Gasteiger partial charge in [0, 0.05) is 16.0 Å². The van der Waals surface area contributed by atoms with E-state index in [0.29, 0.717) is 30.8 Å². The molecule has 0 saturated carbocycles. The number of benzene rings is 2. The van der Waals surface area contributed by atoms with Crippen LogP contribution in [0.3, 0.4) is 0 Å². The molecular weight excluding hydrogens is 437 g/mol. The lowest BCUT2D eigenvalue weighted by atomic mass is 10.2. The van der Waals surface area contributed by atoms with Gasteiger partial charge in [0.05, 0.1) is 10.6 Å². The first-order valence-electron chi connectivity index (χ1n) is 8.06. The quantitative estimate of drug-likeness (QED) is 0.331. The van der Waals surface area contributed by atoms with Gasteiger partial charge in [-0.25, -0.2) is 4.39 Å². The summed E-state index contributed by atoms with van der Waals surface area (Å²) < 4.78 is 19.6. The van der Waals surface area contributed by atoms with E-state index in [1.54, 1.807) is 24.3 Å². The number of anilines is 1. The fourth-order valence-electron chi connectivity index (χ4n) is 2.52. The third kappa shape index (κ3) is 4.17. The molecule has 0 aliphatic carbocycles. The Bertz CT molecular complexity index is 1090. The molecule has 1 aliphatic heterocycles. The second kappa shape index (κ2) is 8.13. The molecular formula is C20H11ClFNO2S3. The number of hydrogen-bond acceptors (Lipinski definition) is 5. The zero-order valence-corrected chi connectivity index (χ0v) is 17.3. The monoisotopic (exact) mass is 447 g/mol. The van der Waals surface area contributed by atoms with Crippen LogP contribution in [0, 0.1) is 5.82 Å². The Labute approximate surface area is 179 Å². The van der Waals surface area contributed by atoms with Gasteiger partial charge >= 0.3 is 0 Å². The number of furan rings is 1. The van der Waals surface area contributed by atoms with Gasteiger partial charge in [-0.05, 0) is 54.6 Å². The molecule has 0 bridgehead atoms. The number of thioether (sulfide) groups is 1.